The minimum Gasteiger partial charge on any atom is -0.386 e. The molecular weight excluding hydrogens is 138 g/mol. The topological polar surface area (TPSA) is 23.5 Å². The van der Waals surface area contributed by atoms with Crippen molar-refractivity contribution in [2.24, 2.45) is 0 Å². The molecule has 0 aliphatic heterocycles. The smallest absolute Gasteiger partial charge is 0.0844 e. The maximum atomic E-state index is 9.23. The second-order valence-electron chi connectivity index (χ2n) is 3.43. The molecule has 0 bridgehead atoms. The predicted octanol–water partition coefficient (Wildman–Crippen LogP) is 1.03. The highest BCUT2D eigenvalue weighted by Gasteiger charge is 2.04. The Morgan fingerprint density at radius 2 is 2.00 bits per heavy atom. The van der Waals surface area contributed by atoms with E-state index in [9.17, 15) is 5.11 Å². The van der Waals surface area contributed by atoms with Crippen molar-refractivity contribution in [3.05, 3.63) is 17.9 Å². The van der Waals surface area contributed by atoms with Crippen molar-refractivity contribution >= 4 is 0 Å². The van der Waals surface area contributed by atoms with Crippen LogP contribution in [-0.4, -0.2) is 36.2 Å². The lowest BCUT2D eigenvalue weighted by Crippen LogP contribution is -2.13. The number of likely N-dealkylation sites (N-methyl/N-ethyl adjacent to an activating group) is 1. The molecule has 0 aliphatic carbocycles. The molecule has 0 aromatic heterocycles. The Labute approximate surface area is 68.8 Å². The Morgan fingerprint density at radius 3 is 2.36 bits per heavy atom. The SMILES string of the molecule is CN(C)CC=C=CC(C)(C)O. The van der Waals surface area contributed by atoms with Gasteiger partial charge in [0.15, 0.2) is 0 Å². The minimum atomic E-state index is -0.747. The second kappa shape index (κ2) is 4.35. The van der Waals surface area contributed by atoms with Crippen molar-refractivity contribution in [2.75, 3.05) is 20.6 Å². The number of aliphatic hydroxyl groups is 1. The van der Waals surface area contributed by atoms with E-state index in [4.69, 9.17) is 0 Å². The van der Waals surface area contributed by atoms with E-state index in [-0.39, 0.29) is 0 Å². The average molecular weight is 155 g/mol. The van der Waals surface area contributed by atoms with Gasteiger partial charge in [-0.15, -0.1) is 5.73 Å². The van der Waals surface area contributed by atoms with Crippen molar-refractivity contribution in [3.8, 4) is 0 Å². The molecule has 0 unspecified atom stereocenters. The van der Waals surface area contributed by atoms with Crippen molar-refractivity contribution < 1.29 is 5.11 Å². The third kappa shape index (κ3) is 9.44. The normalized spacial score (nSPS) is 11.1. The minimum absolute atomic E-state index is 0.747. The summed E-state index contributed by atoms with van der Waals surface area (Å²) in [5, 5.41) is 9.23. The summed E-state index contributed by atoms with van der Waals surface area (Å²) in [6, 6.07) is 0. The van der Waals surface area contributed by atoms with E-state index in [2.05, 4.69) is 5.73 Å². The average Bonchev–Trinajstić information content (AvgIpc) is 1.78. The lowest BCUT2D eigenvalue weighted by atomic mass is 10.1. The summed E-state index contributed by atoms with van der Waals surface area (Å²) < 4.78 is 0. The molecule has 0 saturated carbocycles. The number of nitrogens with zero attached hydrogens (tertiary/aromatic N) is 1. The zero-order valence-corrected chi connectivity index (χ0v) is 7.76. The van der Waals surface area contributed by atoms with Gasteiger partial charge in [0, 0.05) is 6.54 Å². The van der Waals surface area contributed by atoms with Crippen LogP contribution in [0.5, 0.6) is 0 Å². The standard InChI is InChI=1S/C9H17NO/c1-9(2,11)7-5-6-8-10(3)4/h6-7,11H,8H2,1-4H3. The van der Waals surface area contributed by atoms with Crippen LogP contribution in [0.4, 0.5) is 0 Å². The largest absolute Gasteiger partial charge is 0.386 e. The molecule has 0 rings (SSSR count). The van der Waals surface area contributed by atoms with E-state index < -0.39 is 5.60 Å². The molecule has 0 atom stereocenters. The fourth-order valence-electron chi connectivity index (χ4n) is 0.498. The molecule has 0 aromatic carbocycles. The summed E-state index contributed by atoms with van der Waals surface area (Å²) in [5.41, 5.74) is 2.17. The number of hydrogen-bond acceptors (Lipinski definition) is 2. The van der Waals surface area contributed by atoms with Crippen LogP contribution in [0.25, 0.3) is 0 Å². The molecule has 11 heavy (non-hydrogen) atoms. The van der Waals surface area contributed by atoms with E-state index in [0.29, 0.717) is 0 Å². The summed E-state index contributed by atoms with van der Waals surface area (Å²) in [4.78, 5) is 2.03. The summed E-state index contributed by atoms with van der Waals surface area (Å²) in [7, 11) is 3.98. The summed E-state index contributed by atoms with van der Waals surface area (Å²) >= 11 is 0. The van der Waals surface area contributed by atoms with Crippen molar-refractivity contribution in [1.29, 1.82) is 0 Å². The maximum Gasteiger partial charge on any atom is 0.0844 e. The Bertz CT molecular complexity index is 159. The number of hydrogen-bond donors (Lipinski definition) is 1. The molecular formula is C9H17NO. The summed E-state index contributed by atoms with van der Waals surface area (Å²) in [6.45, 7) is 4.31. The molecule has 0 aromatic rings. The Balaban J connectivity index is 3.83. The van der Waals surface area contributed by atoms with Crippen LogP contribution < -0.4 is 0 Å². The molecule has 64 valence electrons. The Morgan fingerprint density at radius 1 is 1.45 bits per heavy atom. The third-order valence-corrected chi connectivity index (χ3v) is 1.01. The van der Waals surface area contributed by atoms with Gasteiger partial charge in [0.25, 0.3) is 0 Å². The summed E-state index contributed by atoms with van der Waals surface area (Å²) in [6.07, 6.45) is 3.54. The third-order valence-electron chi connectivity index (χ3n) is 1.01. The van der Waals surface area contributed by atoms with Gasteiger partial charge >= 0.3 is 0 Å². The second-order valence-corrected chi connectivity index (χ2v) is 3.43. The molecule has 0 saturated heterocycles. The zero-order valence-electron chi connectivity index (χ0n) is 7.76. The predicted molar refractivity (Wildman–Crippen MR) is 47.5 cm³/mol. The van der Waals surface area contributed by atoms with E-state index in [0.717, 1.165) is 6.54 Å². The van der Waals surface area contributed by atoms with Crippen LogP contribution in [0.3, 0.4) is 0 Å². The molecule has 0 aliphatic rings. The summed E-state index contributed by atoms with van der Waals surface area (Å²) in [5.74, 6) is 0. The van der Waals surface area contributed by atoms with Gasteiger partial charge < -0.3 is 10.0 Å². The van der Waals surface area contributed by atoms with Crippen molar-refractivity contribution in [3.63, 3.8) is 0 Å². The highest BCUT2D eigenvalue weighted by Crippen LogP contribution is 2.00. The van der Waals surface area contributed by atoms with Crippen LogP contribution in [0, 0.1) is 0 Å². The monoisotopic (exact) mass is 155 g/mol. The maximum absolute atomic E-state index is 9.23. The van der Waals surface area contributed by atoms with Gasteiger partial charge in [-0.3, -0.25) is 0 Å². The highest BCUT2D eigenvalue weighted by molar-refractivity contribution is 4.96. The fraction of sp³-hybridized carbons (Fsp3) is 0.667. The molecule has 0 spiro atoms. The quantitative estimate of drug-likeness (QED) is 0.615. The zero-order chi connectivity index (χ0) is 8.91. The van der Waals surface area contributed by atoms with Crippen molar-refractivity contribution in [2.45, 2.75) is 19.4 Å². The fourth-order valence-corrected chi connectivity index (χ4v) is 0.498. The first kappa shape index (κ1) is 10.4. The van der Waals surface area contributed by atoms with Crippen LogP contribution in [-0.2, 0) is 0 Å². The van der Waals surface area contributed by atoms with Gasteiger partial charge in [0.2, 0.25) is 0 Å². The van der Waals surface area contributed by atoms with Gasteiger partial charge in [-0.25, -0.2) is 0 Å². The lowest BCUT2D eigenvalue weighted by molar-refractivity contribution is 0.133. The van der Waals surface area contributed by atoms with Gasteiger partial charge in [0.1, 0.15) is 0 Å². The van der Waals surface area contributed by atoms with Crippen LogP contribution in [0.15, 0.2) is 17.9 Å². The van der Waals surface area contributed by atoms with Crippen LogP contribution in [0.1, 0.15) is 13.8 Å². The Hall–Kier alpha value is -0.560. The first-order valence-corrected chi connectivity index (χ1v) is 3.71. The lowest BCUT2D eigenvalue weighted by Gasteiger charge is -2.07. The highest BCUT2D eigenvalue weighted by atomic mass is 16.3. The van der Waals surface area contributed by atoms with Gasteiger partial charge in [0.05, 0.1) is 5.60 Å². The molecule has 0 amide bonds. The molecule has 0 fully saturated rings. The first-order chi connectivity index (χ1) is 4.92. The van der Waals surface area contributed by atoms with Crippen molar-refractivity contribution in [1.82, 2.24) is 4.90 Å². The van der Waals surface area contributed by atoms with Gasteiger partial charge in [-0.1, -0.05) is 0 Å². The van der Waals surface area contributed by atoms with Crippen LogP contribution in [0.2, 0.25) is 0 Å². The first-order valence-electron chi connectivity index (χ1n) is 3.71. The van der Waals surface area contributed by atoms with E-state index in [1.807, 2.05) is 25.1 Å². The molecule has 2 nitrogen and oxygen atoms in total. The van der Waals surface area contributed by atoms with E-state index in [1.165, 1.54) is 0 Å². The van der Waals surface area contributed by atoms with E-state index >= 15 is 0 Å². The van der Waals surface area contributed by atoms with Gasteiger partial charge in [-0.2, -0.15) is 0 Å². The van der Waals surface area contributed by atoms with Gasteiger partial charge in [-0.05, 0) is 40.1 Å². The molecule has 2 heteroatoms. The van der Waals surface area contributed by atoms with E-state index in [1.54, 1.807) is 19.9 Å². The van der Waals surface area contributed by atoms with Crippen LogP contribution >= 0.6 is 0 Å². The molecule has 0 heterocycles. The Kier molecular flexibility index (Phi) is 4.12. The molecule has 1 N–H and O–H groups in total. The molecule has 0 radical (unpaired) electrons. The number of rotatable bonds is 3.